The van der Waals surface area contributed by atoms with E-state index in [2.05, 4.69) is 27.5 Å². The average Bonchev–Trinajstić information content (AvgIpc) is 3.08. The summed E-state index contributed by atoms with van der Waals surface area (Å²) in [4.78, 5) is 0. The lowest BCUT2D eigenvalue weighted by Crippen LogP contribution is -2.05. The molecule has 2 heterocycles. The second-order valence-electron chi connectivity index (χ2n) is 4.66. The fraction of sp³-hybridized carbons (Fsp3) is 0.462. The number of hydrogen-bond donors (Lipinski definition) is 1. The van der Waals surface area contributed by atoms with Crippen molar-refractivity contribution in [1.82, 2.24) is 20.0 Å². The topological polar surface area (TPSA) is 55.6 Å². The van der Waals surface area contributed by atoms with Crippen molar-refractivity contribution in [3.8, 4) is 11.4 Å². The summed E-state index contributed by atoms with van der Waals surface area (Å²) in [6.07, 6.45) is 5.35. The van der Waals surface area contributed by atoms with Crippen molar-refractivity contribution >= 4 is 5.82 Å². The van der Waals surface area contributed by atoms with E-state index in [1.165, 1.54) is 12.8 Å². The Bertz CT molecular complexity index is 512. The van der Waals surface area contributed by atoms with Crippen LogP contribution in [-0.2, 0) is 6.54 Å². The highest BCUT2D eigenvalue weighted by atomic mass is 15.3. The Hall–Kier alpha value is -1.91. The number of anilines is 1. The van der Waals surface area contributed by atoms with Gasteiger partial charge < -0.3 is 5.32 Å². The standard InChI is InChI=1S/C13H17N5/c1-2-9-18-12(7-8-14-18)11-5-6-13(17-16-11)15-10-3-4-10/h5-8,10H,2-4,9H2,1H3,(H,15,17). The third kappa shape index (κ3) is 2.34. The molecule has 94 valence electrons. The van der Waals surface area contributed by atoms with Crippen LogP contribution in [-0.4, -0.2) is 26.0 Å². The van der Waals surface area contributed by atoms with Crippen LogP contribution in [0.4, 0.5) is 5.82 Å². The predicted molar refractivity (Wildman–Crippen MR) is 70.2 cm³/mol. The SMILES string of the molecule is CCCn1nccc1-c1ccc(NC2CC2)nn1. The number of nitrogens with zero attached hydrogens (tertiary/aromatic N) is 4. The van der Waals surface area contributed by atoms with Gasteiger partial charge in [0, 0.05) is 18.8 Å². The Morgan fingerprint density at radius 3 is 2.83 bits per heavy atom. The summed E-state index contributed by atoms with van der Waals surface area (Å²) in [7, 11) is 0. The lowest BCUT2D eigenvalue weighted by Gasteiger charge is -2.06. The molecule has 18 heavy (non-hydrogen) atoms. The first-order chi connectivity index (χ1) is 8.86. The monoisotopic (exact) mass is 243 g/mol. The third-order valence-corrected chi connectivity index (χ3v) is 3.01. The molecule has 5 nitrogen and oxygen atoms in total. The van der Waals surface area contributed by atoms with E-state index in [1.807, 2.05) is 29.1 Å². The largest absolute Gasteiger partial charge is 0.366 e. The lowest BCUT2D eigenvalue weighted by molar-refractivity contribution is 0.607. The fourth-order valence-corrected chi connectivity index (χ4v) is 1.92. The normalized spacial score (nSPS) is 14.7. The molecular weight excluding hydrogens is 226 g/mol. The smallest absolute Gasteiger partial charge is 0.148 e. The van der Waals surface area contributed by atoms with Crippen molar-refractivity contribution in [2.75, 3.05) is 5.32 Å². The highest BCUT2D eigenvalue weighted by Crippen LogP contribution is 2.24. The van der Waals surface area contributed by atoms with Crippen molar-refractivity contribution in [3.05, 3.63) is 24.4 Å². The maximum atomic E-state index is 4.30. The van der Waals surface area contributed by atoms with Gasteiger partial charge in [-0.15, -0.1) is 10.2 Å². The molecule has 0 saturated heterocycles. The van der Waals surface area contributed by atoms with Crippen molar-refractivity contribution in [1.29, 1.82) is 0 Å². The van der Waals surface area contributed by atoms with E-state index in [-0.39, 0.29) is 0 Å². The van der Waals surface area contributed by atoms with Crippen molar-refractivity contribution in [2.45, 2.75) is 38.8 Å². The average molecular weight is 243 g/mol. The van der Waals surface area contributed by atoms with E-state index in [4.69, 9.17) is 0 Å². The Morgan fingerprint density at radius 2 is 2.17 bits per heavy atom. The summed E-state index contributed by atoms with van der Waals surface area (Å²) < 4.78 is 1.97. The fourth-order valence-electron chi connectivity index (χ4n) is 1.92. The Balaban J connectivity index is 1.80. The molecule has 1 N–H and O–H groups in total. The van der Waals surface area contributed by atoms with Gasteiger partial charge in [-0.2, -0.15) is 5.10 Å². The number of aryl methyl sites for hydroxylation is 1. The number of rotatable bonds is 5. The van der Waals surface area contributed by atoms with Gasteiger partial charge in [0.05, 0.1) is 5.69 Å². The second kappa shape index (κ2) is 4.76. The second-order valence-corrected chi connectivity index (χ2v) is 4.66. The lowest BCUT2D eigenvalue weighted by atomic mass is 10.3. The zero-order chi connectivity index (χ0) is 12.4. The van der Waals surface area contributed by atoms with Crippen LogP contribution in [0, 0.1) is 0 Å². The Labute approximate surface area is 106 Å². The number of nitrogens with one attached hydrogen (secondary N) is 1. The summed E-state index contributed by atoms with van der Waals surface area (Å²) >= 11 is 0. The van der Waals surface area contributed by atoms with Gasteiger partial charge in [-0.05, 0) is 37.5 Å². The molecule has 0 aliphatic heterocycles. The van der Waals surface area contributed by atoms with Crippen molar-refractivity contribution in [3.63, 3.8) is 0 Å². The molecule has 2 aromatic rings. The van der Waals surface area contributed by atoms with Crippen LogP contribution in [0.5, 0.6) is 0 Å². The van der Waals surface area contributed by atoms with E-state index in [0.717, 1.165) is 30.2 Å². The van der Waals surface area contributed by atoms with Gasteiger partial charge >= 0.3 is 0 Å². The first-order valence-corrected chi connectivity index (χ1v) is 6.49. The zero-order valence-corrected chi connectivity index (χ0v) is 10.5. The molecule has 1 aliphatic rings. The number of aromatic nitrogens is 4. The van der Waals surface area contributed by atoms with E-state index in [0.29, 0.717) is 6.04 Å². The van der Waals surface area contributed by atoms with Crippen LogP contribution < -0.4 is 5.32 Å². The van der Waals surface area contributed by atoms with Crippen molar-refractivity contribution < 1.29 is 0 Å². The van der Waals surface area contributed by atoms with Gasteiger partial charge in [-0.3, -0.25) is 4.68 Å². The first-order valence-electron chi connectivity index (χ1n) is 6.49. The zero-order valence-electron chi connectivity index (χ0n) is 10.5. The van der Waals surface area contributed by atoms with Gasteiger partial charge in [-0.1, -0.05) is 6.92 Å². The number of hydrogen-bond acceptors (Lipinski definition) is 4. The molecule has 5 heteroatoms. The minimum Gasteiger partial charge on any atom is -0.366 e. The molecule has 0 radical (unpaired) electrons. The van der Waals surface area contributed by atoms with Gasteiger partial charge in [-0.25, -0.2) is 0 Å². The Morgan fingerprint density at radius 1 is 1.28 bits per heavy atom. The van der Waals surface area contributed by atoms with E-state index >= 15 is 0 Å². The molecule has 0 unspecified atom stereocenters. The summed E-state index contributed by atoms with van der Waals surface area (Å²) in [6.45, 7) is 3.05. The van der Waals surface area contributed by atoms with Crippen LogP contribution in [0.1, 0.15) is 26.2 Å². The maximum Gasteiger partial charge on any atom is 0.148 e. The van der Waals surface area contributed by atoms with Crippen LogP contribution >= 0.6 is 0 Å². The van der Waals surface area contributed by atoms with Crippen LogP contribution in [0.2, 0.25) is 0 Å². The minimum atomic E-state index is 0.607. The van der Waals surface area contributed by atoms with E-state index in [9.17, 15) is 0 Å². The van der Waals surface area contributed by atoms with E-state index < -0.39 is 0 Å². The van der Waals surface area contributed by atoms with Crippen LogP contribution in [0.15, 0.2) is 24.4 Å². The van der Waals surface area contributed by atoms with Gasteiger partial charge in [0.25, 0.3) is 0 Å². The quantitative estimate of drug-likeness (QED) is 0.875. The summed E-state index contributed by atoms with van der Waals surface area (Å²) in [6, 6.07) is 6.58. The van der Waals surface area contributed by atoms with E-state index in [1.54, 1.807) is 0 Å². The summed E-state index contributed by atoms with van der Waals surface area (Å²) in [5.41, 5.74) is 1.91. The molecule has 1 fully saturated rings. The highest BCUT2D eigenvalue weighted by Gasteiger charge is 2.21. The molecule has 0 atom stereocenters. The third-order valence-electron chi connectivity index (χ3n) is 3.01. The maximum absolute atomic E-state index is 4.30. The van der Waals surface area contributed by atoms with Gasteiger partial charge in [0.2, 0.25) is 0 Å². The molecule has 0 spiro atoms. The molecule has 1 aliphatic carbocycles. The Kier molecular flexibility index (Phi) is 2.96. The molecule has 3 rings (SSSR count). The minimum absolute atomic E-state index is 0.607. The molecule has 0 amide bonds. The van der Waals surface area contributed by atoms with Crippen molar-refractivity contribution in [2.24, 2.45) is 0 Å². The predicted octanol–water partition coefficient (Wildman–Crippen LogP) is 2.32. The summed E-state index contributed by atoms with van der Waals surface area (Å²) in [5, 5.41) is 16.1. The van der Waals surface area contributed by atoms with Crippen LogP contribution in [0.3, 0.4) is 0 Å². The van der Waals surface area contributed by atoms with Gasteiger partial charge in [0.1, 0.15) is 11.5 Å². The highest BCUT2D eigenvalue weighted by molar-refractivity contribution is 5.55. The molecule has 1 saturated carbocycles. The first kappa shape index (κ1) is 11.2. The molecule has 0 bridgehead atoms. The van der Waals surface area contributed by atoms with Gasteiger partial charge in [0.15, 0.2) is 0 Å². The molecular formula is C13H17N5. The van der Waals surface area contributed by atoms with Crippen LogP contribution in [0.25, 0.3) is 11.4 Å². The molecule has 0 aromatic carbocycles. The summed E-state index contributed by atoms with van der Waals surface area (Å²) in [5.74, 6) is 0.864. The molecule has 2 aromatic heterocycles.